The summed E-state index contributed by atoms with van der Waals surface area (Å²) >= 11 is 0. The smallest absolute Gasteiger partial charge is 0.419 e. The van der Waals surface area contributed by atoms with Gasteiger partial charge in [-0.3, -0.25) is 0 Å². The number of esters is 1. The molecule has 1 rings (SSSR count). The average molecular weight is 212 g/mol. The zero-order chi connectivity index (χ0) is 11.3. The van der Waals surface area contributed by atoms with Gasteiger partial charge < -0.3 is 9.47 Å². The van der Waals surface area contributed by atoms with Crippen LogP contribution < -0.4 is 0 Å². The second-order valence-electron chi connectivity index (χ2n) is 2.54. The molecule has 0 aliphatic carbocycles. The molecule has 0 aromatic carbocycles. The van der Waals surface area contributed by atoms with Gasteiger partial charge >= 0.3 is 12.1 Å². The zero-order valence-corrected chi connectivity index (χ0v) is 8.60. The van der Waals surface area contributed by atoms with Gasteiger partial charge in [0.25, 0.3) is 0 Å². The molecule has 15 heavy (non-hydrogen) atoms. The quantitative estimate of drug-likeness (QED) is 0.701. The third-order valence-corrected chi connectivity index (χ3v) is 1.56. The monoisotopic (exact) mass is 212 g/mol. The lowest BCUT2D eigenvalue weighted by atomic mass is 10.6. The molecule has 0 radical (unpaired) electrons. The Morgan fingerprint density at radius 3 is 2.60 bits per heavy atom. The fourth-order valence-electron chi connectivity index (χ4n) is 0.990. The van der Waals surface area contributed by atoms with Crippen LogP contribution in [0.3, 0.4) is 0 Å². The fourth-order valence-corrected chi connectivity index (χ4v) is 0.990. The van der Waals surface area contributed by atoms with Crippen LogP contribution >= 0.6 is 0 Å². The second kappa shape index (κ2) is 5.14. The van der Waals surface area contributed by atoms with E-state index in [9.17, 15) is 9.59 Å². The summed E-state index contributed by atoms with van der Waals surface area (Å²) < 4.78 is 10.5. The molecule has 0 fully saturated rings. The number of rotatable bonds is 3. The van der Waals surface area contributed by atoms with Crippen molar-refractivity contribution in [1.29, 1.82) is 0 Å². The molecule has 0 unspecified atom stereocenters. The van der Waals surface area contributed by atoms with E-state index in [1.165, 1.54) is 12.4 Å². The number of nitrogens with zero attached hydrogens (tertiary/aromatic N) is 2. The van der Waals surface area contributed by atoms with Gasteiger partial charge in [-0.15, -0.1) is 0 Å². The lowest BCUT2D eigenvalue weighted by Crippen LogP contribution is -2.20. The summed E-state index contributed by atoms with van der Waals surface area (Å²) in [5.41, 5.74) is 0. The standard InChI is InChI=1S/C9H12N2O4/c1-3-14-8(12)7-10-5-6-11(7)9(13)15-4-2/h5-6H,3-4H2,1-2H3. The van der Waals surface area contributed by atoms with Gasteiger partial charge in [0.15, 0.2) is 0 Å². The van der Waals surface area contributed by atoms with Crippen molar-refractivity contribution in [2.45, 2.75) is 13.8 Å². The molecule has 1 aromatic heterocycles. The number of hydrogen-bond acceptors (Lipinski definition) is 5. The Morgan fingerprint density at radius 1 is 1.33 bits per heavy atom. The highest BCUT2D eigenvalue weighted by Crippen LogP contribution is 2.01. The molecule has 0 bridgehead atoms. The molecular weight excluding hydrogens is 200 g/mol. The minimum atomic E-state index is -0.643. The summed E-state index contributed by atoms with van der Waals surface area (Å²) in [5, 5.41) is 0. The summed E-state index contributed by atoms with van der Waals surface area (Å²) in [6.07, 6.45) is 2.05. The van der Waals surface area contributed by atoms with E-state index in [1.54, 1.807) is 13.8 Å². The Bertz CT molecular complexity index is 326. The van der Waals surface area contributed by atoms with Gasteiger partial charge in [-0.2, -0.15) is 0 Å². The molecule has 6 heteroatoms. The van der Waals surface area contributed by atoms with Crippen molar-refractivity contribution in [3.8, 4) is 0 Å². The lowest BCUT2D eigenvalue weighted by molar-refractivity contribution is 0.0504. The van der Waals surface area contributed by atoms with Crippen molar-refractivity contribution in [2.24, 2.45) is 0 Å². The third-order valence-electron chi connectivity index (χ3n) is 1.56. The second-order valence-corrected chi connectivity index (χ2v) is 2.54. The van der Waals surface area contributed by atoms with E-state index in [-0.39, 0.29) is 19.0 Å². The topological polar surface area (TPSA) is 70.4 Å². The van der Waals surface area contributed by atoms with Gasteiger partial charge in [-0.25, -0.2) is 19.1 Å². The molecule has 0 amide bonds. The van der Waals surface area contributed by atoms with Crippen molar-refractivity contribution in [3.05, 3.63) is 18.2 Å². The molecule has 1 aromatic rings. The van der Waals surface area contributed by atoms with Crippen molar-refractivity contribution < 1.29 is 19.1 Å². The molecule has 1 heterocycles. The van der Waals surface area contributed by atoms with Crippen LogP contribution in [0.2, 0.25) is 0 Å². The number of carbonyl (C=O) groups excluding carboxylic acids is 2. The third kappa shape index (κ3) is 2.55. The first-order valence-corrected chi connectivity index (χ1v) is 4.58. The zero-order valence-electron chi connectivity index (χ0n) is 8.60. The maximum Gasteiger partial charge on any atom is 0.419 e. The van der Waals surface area contributed by atoms with Crippen LogP contribution in [0.25, 0.3) is 0 Å². The molecule has 82 valence electrons. The van der Waals surface area contributed by atoms with E-state index in [0.29, 0.717) is 0 Å². The number of hydrogen-bond donors (Lipinski definition) is 0. The van der Waals surface area contributed by atoms with Crippen LogP contribution in [0.15, 0.2) is 12.4 Å². The summed E-state index contributed by atoms with van der Waals surface area (Å²) in [5.74, 6) is -0.717. The van der Waals surface area contributed by atoms with Crippen molar-refractivity contribution >= 4 is 12.1 Å². The Labute approximate surface area is 86.8 Å². The van der Waals surface area contributed by atoms with Crippen LogP contribution in [0.1, 0.15) is 24.5 Å². The van der Waals surface area contributed by atoms with Gasteiger partial charge in [0.1, 0.15) is 0 Å². The van der Waals surface area contributed by atoms with Gasteiger partial charge in [0, 0.05) is 12.4 Å². The minimum Gasteiger partial charge on any atom is -0.460 e. The van der Waals surface area contributed by atoms with E-state index in [1.807, 2.05) is 0 Å². The van der Waals surface area contributed by atoms with Crippen LogP contribution in [-0.4, -0.2) is 34.8 Å². The first-order valence-electron chi connectivity index (χ1n) is 4.58. The molecular formula is C9H12N2O4. The largest absolute Gasteiger partial charge is 0.460 e. The van der Waals surface area contributed by atoms with E-state index < -0.39 is 12.1 Å². The normalized spacial score (nSPS) is 9.73. The molecule has 0 saturated carbocycles. The van der Waals surface area contributed by atoms with Crippen molar-refractivity contribution in [1.82, 2.24) is 9.55 Å². The van der Waals surface area contributed by atoms with Gasteiger partial charge in [0.05, 0.1) is 13.2 Å². The molecule has 0 aliphatic rings. The Morgan fingerprint density at radius 2 is 2.00 bits per heavy atom. The minimum absolute atomic E-state index is 0.0738. The summed E-state index contributed by atoms with van der Waals surface area (Å²) in [4.78, 5) is 26.4. The van der Waals surface area contributed by atoms with Crippen molar-refractivity contribution in [3.63, 3.8) is 0 Å². The highest BCUT2D eigenvalue weighted by atomic mass is 16.6. The van der Waals surface area contributed by atoms with E-state index in [2.05, 4.69) is 4.98 Å². The summed E-state index contributed by atoms with van der Waals surface area (Å²) in [7, 11) is 0. The lowest BCUT2D eigenvalue weighted by Gasteiger charge is -2.05. The number of imidazole rings is 1. The summed E-state index contributed by atoms with van der Waals surface area (Å²) in [6, 6.07) is 0. The SMILES string of the molecule is CCOC(=O)c1nccn1C(=O)OCC. The van der Waals surface area contributed by atoms with Crippen LogP contribution in [0, 0.1) is 0 Å². The predicted octanol–water partition coefficient (Wildman–Crippen LogP) is 1.06. The maximum absolute atomic E-state index is 11.3. The summed E-state index contributed by atoms with van der Waals surface area (Å²) in [6.45, 7) is 3.82. The Kier molecular flexibility index (Phi) is 3.84. The average Bonchev–Trinajstić information content (AvgIpc) is 2.66. The first-order chi connectivity index (χ1) is 7.20. The molecule has 0 N–H and O–H groups in total. The number of ether oxygens (including phenoxy) is 2. The Hall–Kier alpha value is -1.85. The molecule has 0 spiro atoms. The van der Waals surface area contributed by atoms with Crippen LogP contribution in [-0.2, 0) is 9.47 Å². The van der Waals surface area contributed by atoms with Gasteiger partial charge in [-0.1, -0.05) is 0 Å². The molecule has 6 nitrogen and oxygen atoms in total. The van der Waals surface area contributed by atoms with Gasteiger partial charge in [0.2, 0.25) is 5.82 Å². The highest BCUT2D eigenvalue weighted by Gasteiger charge is 2.18. The Balaban J connectivity index is 2.86. The van der Waals surface area contributed by atoms with E-state index >= 15 is 0 Å². The molecule has 0 atom stereocenters. The predicted molar refractivity (Wildman–Crippen MR) is 50.6 cm³/mol. The fraction of sp³-hybridized carbons (Fsp3) is 0.444. The highest BCUT2D eigenvalue weighted by molar-refractivity contribution is 5.89. The number of carbonyl (C=O) groups is 2. The maximum atomic E-state index is 11.3. The van der Waals surface area contributed by atoms with Crippen LogP contribution in [0.5, 0.6) is 0 Å². The van der Waals surface area contributed by atoms with E-state index in [4.69, 9.17) is 9.47 Å². The van der Waals surface area contributed by atoms with Crippen molar-refractivity contribution in [2.75, 3.05) is 13.2 Å². The molecule has 0 aliphatic heterocycles. The van der Waals surface area contributed by atoms with Crippen LogP contribution in [0.4, 0.5) is 4.79 Å². The van der Waals surface area contributed by atoms with Gasteiger partial charge in [-0.05, 0) is 13.8 Å². The van der Waals surface area contributed by atoms with E-state index in [0.717, 1.165) is 4.57 Å². The number of aromatic nitrogens is 2. The molecule has 0 saturated heterocycles. The first kappa shape index (κ1) is 11.2.